The quantitative estimate of drug-likeness (QED) is 0.118. The van der Waals surface area contributed by atoms with Gasteiger partial charge in [-0.15, -0.1) is 0 Å². The minimum atomic E-state index is 0.814. The zero-order valence-corrected chi connectivity index (χ0v) is 30.6. The van der Waals surface area contributed by atoms with E-state index in [1.807, 2.05) is 12.1 Å². The summed E-state index contributed by atoms with van der Waals surface area (Å²) in [6, 6.07) is 63.1. The lowest BCUT2D eigenvalue weighted by molar-refractivity contribution is 0.414. The van der Waals surface area contributed by atoms with Gasteiger partial charge in [-0.25, -0.2) is 0 Å². The maximum absolute atomic E-state index is 5.68. The van der Waals surface area contributed by atoms with Crippen molar-refractivity contribution in [1.29, 1.82) is 0 Å². The SMILES string of the molecule is COc1ccc(C=Cc2ccccc2C=Cc2ccc(OC)cc2C=C(c2ccccc2)c2ccccc2)c(C=C(c2ccccc2)c2ccccc2)c1. The molecule has 0 bridgehead atoms. The second-order valence-corrected chi connectivity index (χ2v) is 12.9. The summed E-state index contributed by atoms with van der Waals surface area (Å²) >= 11 is 0. The largest absolute Gasteiger partial charge is 0.497 e. The van der Waals surface area contributed by atoms with Gasteiger partial charge in [0, 0.05) is 0 Å². The molecule has 0 radical (unpaired) electrons. The third kappa shape index (κ3) is 8.75. The number of hydrogen-bond donors (Lipinski definition) is 0. The molecular weight excluding hydrogens is 657 g/mol. The van der Waals surface area contributed by atoms with Gasteiger partial charge in [-0.2, -0.15) is 0 Å². The van der Waals surface area contributed by atoms with Crippen molar-refractivity contribution in [2.75, 3.05) is 14.2 Å². The Morgan fingerprint density at radius 2 is 0.593 bits per heavy atom. The zero-order valence-electron chi connectivity index (χ0n) is 30.6. The molecule has 7 rings (SSSR count). The molecule has 0 N–H and O–H groups in total. The summed E-state index contributed by atoms with van der Waals surface area (Å²) < 4.78 is 11.4. The normalized spacial score (nSPS) is 11.0. The molecule has 0 aliphatic rings. The van der Waals surface area contributed by atoms with Gasteiger partial charge in [-0.1, -0.05) is 182 Å². The Kier molecular flexibility index (Phi) is 11.5. The van der Waals surface area contributed by atoms with E-state index in [1.54, 1.807) is 14.2 Å². The first-order valence-corrected chi connectivity index (χ1v) is 18.1. The number of methoxy groups -OCH3 is 2. The molecule has 0 saturated carbocycles. The van der Waals surface area contributed by atoms with Gasteiger partial charge in [0.05, 0.1) is 14.2 Å². The summed E-state index contributed by atoms with van der Waals surface area (Å²) in [5, 5.41) is 0. The minimum Gasteiger partial charge on any atom is -0.497 e. The standard InChI is InChI=1S/C52H42O2/c1-53-49-33-31-41(47(35-49)37-51(43-19-7-3-8-20-43)44-21-9-4-10-22-44)29-27-39-17-15-16-18-40(39)28-30-42-32-34-50(54-2)36-48(42)38-52(45-23-11-5-12-24-45)46-25-13-6-14-26-46/h3-38H,1-2H3. The van der Waals surface area contributed by atoms with Crippen molar-refractivity contribution in [3.05, 3.63) is 238 Å². The summed E-state index contributed by atoms with van der Waals surface area (Å²) in [6.07, 6.45) is 13.3. The van der Waals surface area contributed by atoms with E-state index in [1.165, 1.54) is 0 Å². The minimum absolute atomic E-state index is 0.814. The molecule has 7 aromatic carbocycles. The maximum Gasteiger partial charge on any atom is 0.119 e. The summed E-state index contributed by atoms with van der Waals surface area (Å²) in [5.74, 6) is 1.63. The van der Waals surface area contributed by atoms with Gasteiger partial charge >= 0.3 is 0 Å². The van der Waals surface area contributed by atoms with Gasteiger partial charge in [-0.05, 0) is 103 Å². The number of ether oxygens (including phenoxy) is 2. The fraction of sp³-hybridized carbons (Fsp3) is 0.0385. The van der Waals surface area contributed by atoms with Crippen LogP contribution in [0.25, 0.3) is 47.6 Å². The summed E-state index contributed by atoms with van der Waals surface area (Å²) in [6.45, 7) is 0. The van der Waals surface area contributed by atoms with Crippen molar-refractivity contribution in [3.63, 3.8) is 0 Å². The Labute approximate surface area is 319 Å². The highest BCUT2D eigenvalue weighted by molar-refractivity contribution is 5.95. The molecule has 7 aromatic rings. The molecule has 2 nitrogen and oxygen atoms in total. The van der Waals surface area contributed by atoms with Crippen molar-refractivity contribution in [3.8, 4) is 11.5 Å². The van der Waals surface area contributed by atoms with E-state index in [9.17, 15) is 0 Å². The molecule has 262 valence electrons. The first-order valence-electron chi connectivity index (χ1n) is 18.1. The average Bonchev–Trinajstić information content (AvgIpc) is 3.25. The van der Waals surface area contributed by atoms with Crippen LogP contribution in [0.15, 0.2) is 182 Å². The number of hydrogen-bond acceptors (Lipinski definition) is 2. The number of benzene rings is 7. The van der Waals surface area contributed by atoms with E-state index in [0.717, 1.165) is 78.3 Å². The van der Waals surface area contributed by atoms with Crippen LogP contribution in [0.3, 0.4) is 0 Å². The molecule has 0 fully saturated rings. The Bertz CT molecular complexity index is 2160. The first-order chi connectivity index (χ1) is 26.7. The lowest BCUT2D eigenvalue weighted by Gasteiger charge is -2.12. The summed E-state index contributed by atoms with van der Waals surface area (Å²) in [4.78, 5) is 0. The Morgan fingerprint density at radius 3 is 0.889 bits per heavy atom. The monoisotopic (exact) mass is 698 g/mol. The molecule has 0 aromatic heterocycles. The molecule has 0 aliphatic heterocycles. The van der Waals surface area contributed by atoms with Gasteiger partial charge < -0.3 is 9.47 Å². The molecular formula is C52H42O2. The molecule has 2 heteroatoms. The third-order valence-corrected chi connectivity index (χ3v) is 9.41. The van der Waals surface area contributed by atoms with Crippen LogP contribution >= 0.6 is 0 Å². The van der Waals surface area contributed by atoms with Crippen molar-refractivity contribution in [2.45, 2.75) is 0 Å². The second kappa shape index (κ2) is 17.5. The van der Waals surface area contributed by atoms with Gasteiger partial charge in [0.1, 0.15) is 11.5 Å². The van der Waals surface area contributed by atoms with Crippen LogP contribution in [0.2, 0.25) is 0 Å². The Hall–Kier alpha value is -6.90. The van der Waals surface area contributed by atoms with Gasteiger partial charge in [-0.3, -0.25) is 0 Å². The lowest BCUT2D eigenvalue weighted by Crippen LogP contribution is -1.91. The van der Waals surface area contributed by atoms with Crippen LogP contribution < -0.4 is 9.47 Å². The van der Waals surface area contributed by atoms with Crippen LogP contribution in [0.1, 0.15) is 55.6 Å². The van der Waals surface area contributed by atoms with E-state index in [-0.39, 0.29) is 0 Å². The molecule has 0 saturated heterocycles. The van der Waals surface area contributed by atoms with Crippen molar-refractivity contribution in [2.24, 2.45) is 0 Å². The van der Waals surface area contributed by atoms with E-state index in [2.05, 4.69) is 206 Å². The topological polar surface area (TPSA) is 18.5 Å². The first kappa shape index (κ1) is 35.5. The lowest BCUT2D eigenvalue weighted by atomic mass is 9.93. The maximum atomic E-state index is 5.68. The smallest absolute Gasteiger partial charge is 0.119 e. The predicted molar refractivity (Wildman–Crippen MR) is 230 cm³/mol. The highest BCUT2D eigenvalue weighted by Crippen LogP contribution is 2.32. The van der Waals surface area contributed by atoms with E-state index >= 15 is 0 Å². The van der Waals surface area contributed by atoms with Crippen LogP contribution in [0.4, 0.5) is 0 Å². The molecule has 0 unspecified atom stereocenters. The van der Waals surface area contributed by atoms with Crippen LogP contribution in [-0.2, 0) is 0 Å². The summed E-state index contributed by atoms with van der Waals surface area (Å²) in [5.41, 5.74) is 13.5. The van der Waals surface area contributed by atoms with E-state index < -0.39 is 0 Å². The van der Waals surface area contributed by atoms with Gasteiger partial charge in [0.15, 0.2) is 0 Å². The second-order valence-electron chi connectivity index (χ2n) is 12.9. The Morgan fingerprint density at radius 1 is 0.315 bits per heavy atom. The van der Waals surface area contributed by atoms with Gasteiger partial charge in [0.2, 0.25) is 0 Å². The molecule has 0 amide bonds. The summed E-state index contributed by atoms with van der Waals surface area (Å²) in [7, 11) is 3.43. The van der Waals surface area contributed by atoms with E-state index in [4.69, 9.17) is 9.47 Å². The van der Waals surface area contributed by atoms with Crippen molar-refractivity contribution in [1.82, 2.24) is 0 Å². The molecule has 0 atom stereocenters. The highest BCUT2D eigenvalue weighted by atomic mass is 16.5. The van der Waals surface area contributed by atoms with Crippen molar-refractivity contribution < 1.29 is 9.47 Å². The van der Waals surface area contributed by atoms with Gasteiger partial charge in [0.25, 0.3) is 0 Å². The van der Waals surface area contributed by atoms with Crippen molar-refractivity contribution >= 4 is 47.6 Å². The number of rotatable bonds is 12. The molecule has 54 heavy (non-hydrogen) atoms. The average molecular weight is 699 g/mol. The van der Waals surface area contributed by atoms with Crippen LogP contribution in [0.5, 0.6) is 11.5 Å². The molecule has 0 heterocycles. The fourth-order valence-electron chi connectivity index (χ4n) is 6.54. The predicted octanol–water partition coefficient (Wildman–Crippen LogP) is 13.2. The molecule has 0 spiro atoms. The van der Waals surface area contributed by atoms with E-state index in [0.29, 0.717) is 0 Å². The van der Waals surface area contributed by atoms with Crippen LogP contribution in [-0.4, -0.2) is 14.2 Å². The third-order valence-electron chi connectivity index (χ3n) is 9.41. The highest BCUT2D eigenvalue weighted by Gasteiger charge is 2.10. The Balaban J connectivity index is 1.26. The van der Waals surface area contributed by atoms with Crippen LogP contribution in [0, 0.1) is 0 Å². The molecule has 0 aliphatic carbocycles. The fourth-order valence-corrected chi connectivity index (χ4v) is 6.54. The zero-order chi connectivity index (χ0) is 37.0.